The van der Waals surface area contributed by atoms with Gasteiger partial charge < -0.3 is 35.3 Å². The molecule has 0 unspecified atom stereocenters. The van der Waals surface area contributed by atoms with Gasteiger partial charge in [0.1, 0.15) is 17.9 Å². The molecule has 2 aliphatic heterocycles. The first kappa shape index (κ1) is 26.5. The smallest absolute Gasteiger partial charge is 0.263 e. The van der Waals surface area contributed by atoms with E-state index in [1.165, 1.54) is 6.20 Å². The number of nitrogens with one attached hydrogen (secondary N) is 4. The van der Waals surface area contributed by atoms with Crippen LogP contribution in [0.3, 0.4) is 0 Å². The van der Waals surface area contributed by atoms with Crippen LogP contribution in [0.2, 0.25) is 0 Å². The summed E-state index contributed by atoms with van der Waals surface area (Å²) in [6.45, 7) is 11.5. The number of aromatic nitrogens is 2. The van der Waals surface area contributed by atoms with Crippen molar-refractivity contribution >= 4 is 34.3 Å². The van der Waals surface area contributed by atoms with Crippen molar-refractivity contribution in [2.75, 3.05) is 79.9 Å². The lowest BCUT2D eigenvalue weighted by atomic mass is 10.1. The first-order valence-electron chi connectivity index (χ1n) is 13.3. The largest absolute Gasteiger partial charge is 0.474 e. The van der Waals surface area contributed by atoms with Gasteiger partial charge in [-0.2, -0.15) is 0 Å². The highest BCUT2D eigenvalue weighted by Crippen LogP contribution is 2.34. The average molecular weight is 534 g/mol. The average Bonchev–Trinajstić information content (AvgIpc) is 2.96. The molecule has 2 aliphatic rings. The molecule has 11 heteroatoms. The van der Waals surface area contributed by atoms with Crippen LogP contribution in [-0.4, -0.2) is 79.9 Å². The molecule has 4 heterocycles. The Labute approximate surface area is 227 Å². The van der Waals surface area contributed by atoms with Gasteiger partial charge in [0.15, 0.2) is 0 Å². The summed E-state index contributed by atoms with van der Waals surface area (Å²) in [6.07, 6.45) is 3.15. The van der Waals surface area contributed by atoms with Crippen molar-refractivity contribution in [1.29, 1.82) is 0 Å². The molecule has 4 N–H and O–H groups in total. The highest BCUT2D eigenvalue weighted by molar-refractivity contribution is 6.08. The Morgan fingerprint density at radius 1 is 1.13 bits per heavy atom. The van der Waals surface area contributed by atoms with E-state index in [-0.39, 0.29) is 5.56 Å². The molecular weight excluding hydrogens is 498 g/mol. The van der Waals surface area contributed by atoms with Crippen molar-refractivity contribution in [2.24, 2.45) is 0 Å². The van der Waals surface area contributed by atoms with E-state index >= 15 is 0 Å². The maximum Gasteiger partial charge on any atom is 0.263 e. The number of hydrogen-bond donors (Lipinski definition) is 4. The van der Waals surface area contributed by atoms with Crippen LogP contribution in [0.1, 0.15) is 22.8 Å². The molecule has 0 spiro atoms. The number of hydrogen-bond acceptors (Lipinski definition) is 9. The molecule has 0 aliphatic carbocycles. The third-order valence-electron chi connectivity index (χ3n) is 7.02. The number of rotatable bonds is 9. The van der Waals surface area contributed by atoms with Gasteiger partial charge in [0.25, 0.3) is 11.5 Å². The second-order valence-electron chi connectivity index (χ2n) is 9.50. The van der Waals surface area contributed by atoms with Gasteiger partial charge in [0.2, 0.25) is 5.88 Å². The van der Waals surface area contributed by atoms with Crippen LogP contribution in [0.25, 0.3) is 0 Å². The Morgan fingerprint density at radius 3 is 2.69 bits per heavy atom. The van der Waals surface area contributed by atoms with Gasteiger partial charge >= 0.3 is 0 Å². The number of nitrogens with zero attached hydrogens (tertiary/aromatic N) is 3. The summed E-state index contributed by atoms with van der Waals surface area (Å²) in [5.74, 6) is 0.0418. The van der Waals surface area contributed by atoms with Gasteiger partial charge in [-0.1, -0.05) is 0 Å². The van der Waals surface area contributed by atoms with E-state index in [1.54, 1.807) is 12.3 Å². The molecule has 0 bridgehead atoms. The van der Waals surface area contributed by atoms with Crippen LogP contribution < -0.4 is 31.1 Å². The third kappa shape index (κ3) is 6.15. The van der Waals surface area contributed by atoms with Crippen LogP contribution in [0.15, 0.2) is 47.5 Å². The normalized spacial score (nSPS) is 15.2. The van der Waals surface area contributed by atoms with Crippen molar-refractivity contribution in [3.8, 4) is 5.88 Å². The number of benzene rings is 1. The predicted octanol–water partition coefficient (Wildman–Crippen LogP) is 3.04. The molecule has 1 aromatic carbocycles. The lowest BCUT2D eigenvalue weighted by Gasteiger charge is -2.36. The van der Waals surface area contributed by atoms with Crippen molar-refractivity contribution < 1.29 is 14.3 Å². The molecule has 39 heavy (non-hydrogen) atoms. The quantitative estimate of drug-likeness (QED) is 0.307. The van der Waals surface area contributed by atoms with Gasteiger partial charge in [0, 0.05) is 69.0 Å². The summed E-state index contributed by atoms with van der Waals surface area (Å²) in [7, 11) is 0. The molecule has 0 atom stereocenters. The molecule has 11 nitrogen and oxygen atoms in total. The van der Waals surface area contributed by atoms with Gasteiger partial charge in [-0.3, -0.25) is 14.5 Å². The van der Waals surface area contributed by atoms with E-state index in [2.05, 4.69) is 35.7 Å². The third-order valence-corrected chi connectivity index (χ3v) is 7.02. The molecule has 1 saturated heterocycles. The van der Waals surface area contributed by atoms with Crippen molar-refractivity contribution in [3.05, 3.63) is 64.2 Å². The summed E-state index contributed by atoms with van der Waals surface area (Å²) in [5.41, 5.74) is 3.97. The Bertz CT molecular complexity index is 1350. The molecule has 0 saturated carbocycles. The van der Waals surface area contributed by atoms with Gasteiger partial charge in [0.05, 0.1) is 24.2 Å². The fourth-order valence-electron chi connectivity index (χ4n) is 4.82. The number of fused-ring (bicyclic) bond motifs is 1. The zero-order valence-electron chi connectivity index (χ0n) is 22.4. The maximum atomic E-state index is 13.2. The van der Waals surface area contributed by atoms with E-state index in [9.17, 15) is 9.59 Å². The van der Waals surface area contributed by atoms with Crippen LogP contribution >= 0.6 is 0 Å². The molecular formula is C28H35N7O4. The summed E-state index contributed by atoms with van der Waals surface area (Å²) in [6, 6.07) is 9.38. The van der Waals surface area contributed by atoms with E-state index in [0.29, 0.717) is 36.1 Å². The molecule has 1 fully saturated rings. The number of aromatic amines is 1. The summed E-state index contributed by atoms with van der Waals surface area (Å²) < 4.78 is 11.1. The Balaban J connectivity index is 1.25. The van der Waals surface area contributed by atoms with Crippen LogP contribution in [0.5, 0.6) is 5.88 Å². The van der Waals surface area contributed by atoms with Crippen LogP contribution in [-0.2, 0) is 4.74 Å². The monoisotopic (exact) mass is 533 g/mol. The van der Waals surface area contributed by atoms with Crippen LogP contribution in [0.4, 0.5) is 28.4 Å². The van der Waals surface area contributed by atoms with E-state index < -0.39 is 11.5 Å². The fraction of sp³-hybridized carbons (Fsp3) is 0.393. The molecule has 2 aromatic heterocycles. The Hall–Kier alpha value is -4.09. The minimum Gasteiger partial charge on any atom is -0.474 e. The number of amides is 1. The van der Waals surface area contributed by atoms with Crippen molar-refractivity contribution in [1.82, 2.24) is 14.9 Å². The zero-order chi connectivity index (χ0) is 27.2. The standard InChI is InChI=1S/C28H35N7O4/c1-3-38-17-15-34-11-13-35(14-12-34)21-6-4-20(5-7-21)32-27(37)24-22(8-9-30-26(24)36)33-23-18-31-28-25(19(23)2)29-10-16-39-28/h4-9,18,29H,3,10-17H2,1-2H3,(H,32,37)(H2,30,33,36). The highest BCUT2D eigenvalue weighted by Gasteiger charge is 2.21. The maximum absolute atomic E-state index is 13.2. The Kier molecular flexibility index (Phi) is 8.28. The fourth-order valence-corrected chi connectivity index (χ4v) is 4.82. The number of piperazine rings is 1. The van der Waals surface area contributed by atoms with Gasteiger partial charge in [-0.15, -0.1) is 0 Å². The second kappa shape index (κ2) is 12.2. The molecule has 0 radical (unpaired) electrons. The number of ether oxygens (including phenoxy) is 2. The van der Waals surface area contributed by atoms with Gasteiger partial charge in [-0.25, -0.2) is 4.98 Å². The minimum atomic E-state index is -0.500. The summed E-state index contributed by atoms with van der Waals surface area (Å²) in [5, 5.41) is 9.37. The Morgan fingerprint density at radius 2 is 1.92 bits per heavy atom. The number of anilines is 5. The van der Waals surface area contributed by atoms with Crippen LogP contribution in [0, 0.1) is 6.92 Å². The zero-order valence-corrected chi connectivity index (χ0v) is 22.4. The topological polar surface area (TPSA) is 124 Å². The first-order valence-corrected chi connectivity index (χ1v) is 13.3. The molecule has 3 aromatic rings. The number of H-pyrrole nitrogens is 1. The summed E-state index contributed by atoms with van der Waals surface area (Å²) in [4.78, 5) is 37.7. The number of carbonyl (C=O) groups is 1. The number of carbonyl (C=O) groups excluding carboxylic acids is 1. The van der Waals surface area contributed by atoms with Crippen molar-refractivity contribution in [2.45, 2.75) is 13.8 Å². The minimum absolute atomic E-state index is 0.00826. The van der Waals surface area contributed by atoms with E-state index in [1.807, 2.05) is 38.1 Å². The van der Waals surface area contributed by atoms with E-state index in [0.717, 1.165) is 62.9 Å². The lowest BCUT2D eigenvalue weighted by Crippen LogP contribution is -2.47. The molecule has 1 amide bonds. The number of pyridine rings is 2. The predicted molar refractivity (Wildman–Crippen MR) is 153 cm³/mol. The first-order chi connectivity index (χ1) is 19.0. The van der Waals surface area contributed by atoms with Gasteiger partial charge in [-0.05, 0) is 44.2 Å². The SMILES string of the molecule is CCOCCN1CCN(c2ccc(NC(=O)c3c(Nc4cnc5c(c4C)NCCO5)cc[nH]c3=O)cc2)CC1. The highest BCUT2D eigenvalue weighted by atomic mass is 16.5. The lowest BCUT2D eigenvalue weighted by molar-refractivity contribution is 0.102. The molecule has 5 rings (SSSR count). The summed E-state index contributed by atoms with van der Waals surface area (Å²) >= 11 is 0. The van der Waals surface area contributed by atoms with E-state index in [4.69, 9.17) is 9.47 Å². The molecule has 206 valence electrons. The second-order valence-corrected chi connectivity index (χ2v) is 9.50. The van der Waals surface area contributed by atoms with Crippen molar-refractivity contribution in [3.63, 3.8) is 0 Å².